The fraction of sp³-hybridized carbons (Fsp3) is 0.250. The van der Waals surface area contributed by atoms with Crippen LogP contribution < -0.4 is 10.6 Å². The quantitative estimate of drug-likeness (QED) is 0.289. The molecule has 2 N–H and O–H groups in total. The van der Waals surface area contributed by atoms with Crippen molar-refractivity contribution < 1.29 is 23.6 Å². The third kappa shape index (κ3) is 7.46. The summed E-state index contributed by atoms with van der Waals surface area (Å²) in [6.07, 6.45) is 0.505. The van der Waals surface area contributed by atoms with Crippen LogP contribution in [0.5, 0.6) is 0 Å². The van der Waals surface area contributed by atoms with Crippen molar-refractivity contribution in [2.24, 2.45) is 0 Å². The first-order valence-corrected chi connectivity index (χ1v) is 13.6. The maximum Gasteiger partial charge on any atom is 0.318 e. The SMILES string of the molecule is O=C(N[C@@H](Cc1ccccc1)C(=O)c1cc(-c2ccccc2)on1)[C@H](Cc1ccccc1)NC(=O)N1CCOCC1. The van der Waals surface area contributed by atoms with Crippen LogP contribution in [0.1, 0.15) is 21.6 Å². The van der Waals surface area contributed by atoms with Gasteiger partial charge in [-0.3, -0.25) is 9.59 Å². The van der Waals surface area contributed by atoms with E-state index < -0.39 is 18.0 Å². The molecule has 1 aromatic heterocycles. The molecule has 210 valence electrons. The minimum atomic E-state index is -0.933. The second-order valence-electron chi connectivity index (χ2n) is 9.85. The Bertz CT molecular complexity index is 1440. The molecule has 2 atom stereocenters. The van der Waals surface area contributed by atoms with Gasteiger partial charge in [-0.25, -0.2) is 4.79 Å². The fourth-order valence-electron chi connectivity index (χ4n) is 4.71. The number of hydrogen-bond donors (Lipinski definition) is 2. The van der Waals surface area contributed by atoms with Crippen LogP contribution in [-0.4, -0.2) is 66.2 Å². The average molecular weight is 553 g/mol. The number of carbonyl (C=O) groups is 3. The first kappa shape index (κ1) is 27.8. The molecule has 0 spiro atoms. The third-order valence-corrected chi connectivity index (χ3v) is 6.93. The Balaban J connectivity index is 1.38. The number of Topliss-reactive ketones (excluding diaryl/α,β-unsaturated/α-hetero) is 1. The van der Waals surface area contributed by atoms with Crippen LogP contribution in [0.25, 0.3) is 11.3 Å². The number of ketones is 1. The average Bonchev–Trinajstić information content (AvgIpc) is 3.52. The van der Waals surface area contributed by atoms with Gasteiger partial charge in [0.05, 0.1) is 19.3 Å². The highest BCUT2D eigenvalue weighted by molar-refractivity contribution is 6.02. The van der Waals surface area contributed by atoms with Gasteiger partial charge in [-0.2, -0.15) is 0 Å². The summed E-state index contributed by atoms with van der Waals surface area (Å²) in [5, 5.41) is 9.82. The van der Waals surface area contributed by atoms with E-state index in [1.807, 2.05) is 91.0 Å². The summed E-state index contributed by atoms with van der Waals surface area (Å²) in [6, 6.07) is 27.6. The van der Waals surface area contributed by atoms with E-state index in [4.69, 9.17) is 9.26 Å². The molecule has 4 aromatic rings. The molecule has 1 aliphatic heterocycles. The maximum atomic E-state index is 13.8. The fourth-order valence-corrected chi connectivity index (χ4v) is 4.71. The number of amides is 3. The van der Waals surface area contributed by atoms with Crippen LogP contribution >= 0.6 is 0 Å². The minimum absolute atomic E-state index is 0.113. The molecule has 0 radical (unpaired) electrons. The zero-order valence-electron chi connectivity index (χ0n) is 22.6. The van der Waals surface area contributed by atoms with Gasteiger partial charge in [-0.1, -0.05) is 96.2 Å². The molecular formula is C32H32N4O5. The van der Waals surface area contributed by atoms with Gasteiger partial charge >= 0.3 is 6.03 Å². The van der Waals surface area contributed by atoms with E-state index in [0.717, 1.165) is 16.7 Å². The summed E-state index contributed by atoms with van der Waals surface area (Å²) in [5.41, 5.74) is 2.65. The Morgan fingerprint density at radius 1 is 0.756 bits per heavy atom. The van der Waals surface area contributed by atoms with Gasteiger partial charge in [0.2, 0.25) is 11.7 Å². The lowest BCUT2D eigenvalue weighted by atomic mass is 9.98. The summed E-state index contributed by atoms with van der Waals surface area (Å²) in [5.74, 6) is -0.388. The number of benzene rings is 3. The normalized spacial score (nSPS) is 14.6. The Morgan fingerprint density at radius 3 is 1.93 bits per heavy atom. The van der Waals surface area contributed by atoms with Crippen LogP contribution in [0.2, 0.25) is 0 Å². The number of nitrogens with one attached hydrogen (secondary N) is 2. The van der Waals surface area contributed by atoms with Crippen molar-refractivity contribution >= 4 is 17.7 Å². The second kappa shape index (κ2) is 13.5. The summed E-state index contributed by atoms with van der Waals surface area (Å²) < 4.78 is 10.8. The first-order chi connectivity index (χ1) is 20.1. The van der Waals surface area contributed by atoms with Crippen LogP contribution in [-0.2, 0) is 22.4 Å². The largest absolute Gasteiger partial charge is 0.378 e. The molecule has 3 amide bonds. The summed E-state index contributed by atoms with van der Waals surface area (Å²) in [7, 11) is 0. The Hall–Kier alpha value is -4.76. The molecule has 9 heteroatoms. The molecule has 41 heavy (non-hydrogen) atoms. The van der Waals surface area contributed by atoms with Gasteiger partial charge in [-0.15, -0.1) is 0 Å². The maximum absolute atomic E-state index is 13.8. The molecule has 9 nitrogen and oxygen atoms in total. The molecule has 2 heterocycles. The van der Waals surface area contributed by atoms with Crippen LogP contribution in [0.3, 0.4) is 0 Å². The van der Waals surface area contributed by atoms with Crippen molar-refractivity contribution in [3.63, 3.8) is 0 Å². The lowest BCUT2D eigenvalue weighted by Gasteiger charge is -2.29. The number of carbonyl (C=O) groups excluding carboxylic acids is 3. The molecule has 1 aliphatic rings. The third-order valence-electron chi connectivity index (χ3n) is 6.93. The van der Waals surface area contributed by atoms with Gasteiger partial charge < -0.3 is 24.8 Å². The van der Waals surface area contributed by atoms with Crippen molar-refractivity contribution in [1.82, 2.24) is 20.7 Å². The number of rotatable bonds is 10. The van der Waals surface area contributed by atoms with Gasteiger partial charge in [0.1, 0.15) is 6.04 Å². The van der Waals surface area contributed by atoms with Gasteiger partial charge in [-0.05, 0) is 11.1 Å². The molecule has 1 saturated heterocycles. The summed E-state index contributed by atoms with van der Waals surface area (Å²) in [6.45, 7) is 1.77. The predicted octanol–water partition coefficient (Wildman–Crippen LogP) is 3.90. The number of morpholine rings is 1. The van der Waals surface area contributed by atoms with Crippen molar-refractivity contribution in [2.45, 2.75) is 24.9 Å². The second-order valence-corrected chi connectivity index (χ2v) is 9.85. The first-order valence-electron chi connectivity index (χ1n) is 13.6. The molecule has 0 aliphatic carbocycles. The highest BCUT2D eigenvalue weighted by Gasteiger charge is 2.31. The van der Waals surface area contributed by atoms with E-state index in [1.54, 1.807) is 11.0 Å². The zero-order valence-corrected chi connectivity index (χ0v) is 22.6. The number of nitrogens with zero attached hydrogens (tertiary/aromatic N) is 2. The van der Waals surface area contributed by atoms with Crippen molar-refractivity contribution in [3.05, 3.63) is 114 Å². The van der Waals surface area contributed by atoms with Gasteiger partial charge in [0.15, 0.2) is 11.5 Å². The molecular weight excluding hydrogens is 520 g/mol. The summed E-state index contributed by atoms with van der Waals surface area (Å²) >= 11 is 0. The monoisotopic (exact) mass is 552 g/mol. The number of ether oxygens (including phenoxy) is 1. The van der Waals surface area contributed by atoms with E-state index in [0.29, 0.717) is 32.1 Å². The lowest BCUT2D eigenvalue weighted by molar-refractivity contribution is -0.123. The van der Waals surface area contributed by atoms with Crippen molar-refractivity contribution in [2.75, 3.05) is 26.3 Å². The molecule has 0 bridgehead atoms. The smallest absolute Gasteiger partial charge is 0.318 e. The van der Waals surface area contributed by atoms with Crippen molar-refractivity contribution in [1.29, 1.82) is 0 Å². The lowest BCUT2D eigenvalue weighted by Crippen LogP contribution is -2.56. The van der Waals surface area contributed by atoms with Crippen LogP contribution in [0.4, 0.5) is 4.79 Å². The highest BCUT2D eigenvalue weighted by atomic mass is 16.5. The number of hydrogen-bond acceptors (Lipinski definition) is 6. The van der Waals surface area contributed by atoms with E-state index in [9.17, 15) is 14.4 Å². The number of urea groups is 1. The topological polar surface area (TPSA) is 114 Å². The van der Waals surface area contributed by atoms with E-state index in [1.165, 1.54) is 0 Å². The molecule has 0 saturated carbocycles. The van der Waals surface area contributed by atoms with E-state index in [2.05, 4.69) is 15.8 Å². The Kier molecular flexibility index (Phi) is 9.18. The van der Waals surface area contributed by atoms with Crippen molar-refractivity contribution in [3.8, 4) is 11.3 Å². The standard InChI is InChI=1S/C32H32N4O5/c37-30(27-22-29(41-35-27)25-14-8-3-9-15-25)26(20-23-10-4-1-5-11-23)33-31(38)28(21-24-12-6-2-7-13-24)34-32(39)36-16-18-40-19-17-36/h1-15,22,26,28H,16-21H2,(H,33,38)(H,34,39)/t26-,28-/m0/s1. The highest BCUT2D eigenvalue weighted by Crippen LogP contribution is 2.21. The van der Waals surface area contributed by atoms with Crippen LogP contribution in [0.15, 0.2) is 102 Å². The van der Waals surface area contributed by atoms with E-state index >= 15 is 0 Å². The summed E-state index contributed by atoms with van der Waals surface area (Å²) in [4.78, 5) is 42.2. The zero-order chi connectivity index (χ0) is 28.4. The van der Waals surface area contributed by atoms with E-state index in [-0.39, 0.29) is 30.3 Å². The molecule has 3 aromatic carbocycles. The van der Waals surface area contributed by atoms with Gasteiger partial charge in [0.25, 0.3) is 0 Å². The Labute approximate surface area is 238 Å². The predicted molar refractivity (Wildman–Crippen MR) is 153 cm³/mol. The minimum Gasteiger partial charge on any atom is -0.378 e. The molecule has 1 fully saturated rings. The number of aromatic nitrogens is 1. The molecule has 5 rings (SSSR count). The van der Waals surface area contributed by atoms with Gasteiger partial charge in [0, 0.05) is 37.6 Å². The van der Waals surface area contributed by atoms with Crippen LogP contribution in [0, 0.1) is 0 Å². The Morgan fingerprint density at radius 2 is 1.32 bits per heavy atom. The molecule has 0 unspecified atom stereocenters.